The first-order valence-electron chi connectivity index (χ1n) is 16.0. The molecule has 1 unspecified atom stereocenters. The van der Waals surface area contributed by atoms with Crippen molar-refractivity contribution < 1.29 is 8.83 Å². The maximum atomic E-state index is 6.33. The van der Waals surface area contributed by atoms with Gasteiger partial charge in [0.2, 0.25) is 0 Å². The average molecular weight is 605 g/mol. The van der Waals surface area contributed by atoms with Gasteiger partial charge in [0.1, 0.15) is 28.5 Å². The first-order chi connectivity index (χ1) is 23.3. The number of hydrogen-bond acceptors (Lipinski definition) is 4. The number of fused-ring (bicyclic) bond motifs is 7. The third kappa shape index (κ3) is 4.15. The Labute approximate surface area is 271 Å². The molecule has 47 heavy (non-hydrogen) atoms. The standard InChI is InChI=1S/C43H28N2O2/c1-3-10-27(11-4-1)43-44-37-24-31(18-20-38(37)45(43)32-14-5-2-6-15-32)29-13-9-12-28(22-29)30-19-21-40-34(23-30)36-26-41-35(25-42(36)47-40)33-16-7-8-17-39(33)46-41/h1-26,43-44H. The Kier molecular flexibility index (Phi) is 5.60. The Balaban J connectivity index is 1.03. The summed E-state index contributed by atoms with van der Waals surface area (Å²) in [6.07, 6.45) is 0.00694. The van der Waals surface area contributed by atoms with E-state index in [0.29, 0.717) is 0 Å². The number of nitrogens with zero attached hydrogens (tertiary/aromatic N) is 1. The van der Waals surface area contributed by atoms with E-state index in [-0.39, 0.29) is 6.17 Å². The summed E-state index contributed by atoms with van der Waals surface area (Å²) < 4.78 is 12.5. The molecule has 0 bridgehead atoms. The molecule has 0 radical (unpaired) electrons. The Morgan fingerprint density at radius 2 is 1.02 bits per heavy atom. The molecule has 1 N–H and O–H groups in total. The summed E-state index contributed by atoms with van der Waals surface area (Å²) in [6.45, 7) is 0. The van der Waals surface area contributed by atoms with E-state index in [2.05, 4.69) is 150 Å². The zero-order valence-corrected chi connectivity index (χ0v) is 25.4. The highest BCUT2D eigenvalue weighted by atomic mass is 16.3. The number of para-hydroxylation sites is 2. The van der Waals surface area contributed by atoms with Crippen molar-refractivity contribution in [2.75, 3.05) is 10.2 Å². The predicted octanol–water partition coefficient (Wildman–Crippen LogP) is 12.1. The van der Waals surface area contributed by atoms with Crippen LogP contribution >= 0.6 is 0 Å². The number of anilines is 3. The number of hydrogen-bond donors (Lipinski definition) is 1. The first kappa shape index (κ1) is 26.0. The van der Waals surface area contributed by atoms with Gasteiger partial charge in [0.25, 0.3) is 0 Å². The zero-order chi connectivity index (χ0) is 30.9. The van der Waals surface area contributed by atoms with Crippen LogP contribution < -0.4 is 10.2 Å². The van der Waals surface area contributed by atoms with Gasteiger partial charge in [-0.2, -0.15) is 0 Å². The molecule has 0 amide bonds. The van der Waals surface area contributed by atoms with Crippen molar-refractivity contribution in [1.29, 1.82) is 0 Å². The highest BCUT2D eigenvalue weighted by Gasteiger charge is 2.31. The predicted molar refractivity (Wildman–Crippen MR) is 193 cm³/mol. The smallest absolute Gasteiger partial charge is 0.136 e. The van der Waals surface area contributed by atoms with Gasteiger partial charge in [0, 0.05) is 27.2 Å². The van der Waals surface area contributed by atoms with Crippen molar-refractivity contribution in [1.82, 2.24) is 0 Å². The van der Waals surface area contributed by atoms with Gasteiger partial charge in [-0.05, 0) is 88.5 Å². The summed E-state index contributed by atoms with van der Waals surface area (Å²) in [5, 5.41) is 8.14. The van der Waals surface area contributed by atoms with Crippen LogP contribution in [-0.2, 0) is 0 Å². The number of rotatable bonds is 4. The molecule has 222 valence electrons. The second-order valence-electron chi connectivity index (χ2n) is 12.2. The molecule has 4 heteroatoms. The molecular formula is C43H28N2O2. The fraction of sp³-hybridized carbons (Fsp3) is 0.0233. The summed E-state index contributed by atoms with van der Waals surface area (Å²) in [6, 6.07) is 55.6. The van der Waals surface area contributed by atoms with Gasteiger partial charge in [-0.1, -0.05) is 97.1 Å². The molecule has 10 rings (SSSR count). The van der Waals surface area contributed by atoms with E-state index in [1.54, 1.807) is 0 Å². The summed E-state index contributed by atoms with van der Waals surface area (Å²) in [5.74, 6) is 0. The number of nitrogens with one attached hydrogen (secondary N) is 1. The van der Waals surface area contributed by atoms with E-state index in [1.165, 1.54) is 22.4 Å². The highest BCUT2D eigenvalue weighted by molar-refractivity contribution is 6.15. The lowest BCUT2D eigenvalue weighted by Crippen LogP contribution is -2.23. The van der Waals surface area contributed by atoms with Crippen LogP contribution in [0.3, 0.4) is 0 Å². The van der Waals surface area contributed by atoms with Crippen LogP contribution in [0.5, 0.6) is 0 Å². The van der Waals surface area contributed by atoms with Gasteiger partial charge >= 0.3 is 0 Å². The molecule has 0 saturated carbocycles. The van der Waals surface area contributed by atoms with Crippen LogP contribution in [0, 0.1) is 0 Å². The van der Waals surface area contributed by atoms with Crippen LogP contribution in [-0.4, -0.2) is 0 Å². The maximum Gasteiger partial charge on any atom is 0.136 e. The fourth-order valence-electron chi connectivity index (χ4n) is 7.19. The summed E-state index contributed by atoms with van der Waals surface area (Å²) in [4.78, 5) is 2.38. The quantitative estimate of drug-likeness (QED) is 0.217. The van der Waals surface area contributed by atoms with Gasteiger partial charge in [0.05, 0.1) is 11.4 Å². The third-order valence-electron chi connectivity index (χ3n) is 9.45. The molecule has 3 heterocycles. The third-order valence-corrected chi connectivity index (χ3v) is 9.45. The summed E-state index contributed by atoms with van der Waals surface area (Å²) >= 11 is 0. The topological polar surface area (TPSA) is 41.6 Å². The molecule has 2 aromatic heterocycles. The normalized spacial score (nSPS) is 14.3. The van der Waals surface area contributed by atoms with E-state index >= 15 is 0 Å². The van der Waals surface area contributed by atoms with Crippen molar-refractivity contribution in [2.45, 2.75) is 6.17 Å². The summed E-state index contributed by atoms with van der Waals surface area (Å²) in [7, 11) is 0. The second-order valence-corrected chi connectivity index (χ2v) is 12.2. The van der Waals surface area contributed by atoms with Gasteiger partial charge in [0.15, 0.2) is 0 Å². The lowest BCUT2D eigenvalue weighted by atomic mass is 9.97. The van der Waals surface area contributed by atoms with Crippen molar-refractivity contribution in [3.63, 3.8) is 0 Å². The van der Waals surface area contributed by atoms with E-state index < -0.39 is 0 Å². The van der Waals surface area contributed by atoms with Gasteiger partial charge in [-0.3, -0.25) is 0 Å². The van der Waals surface area contributed by atoms with E-state index in [9.17, 15) is 0 Å². The summed E-state index contributed by atoms with van der Waals surface area (Å²) in [5.41, 5.74) is 12.8. The monoisotopic (exact) mass is 604 g/mol. The molecule has 7 aromatic carbocycles. The Morgan fingerprint density at radius 3 is 1.81 bits per heavy atom. The van der Waals surface area contributed by atoms with Crippen LogP contribution in [0.2, 0.25) is 0 Å². The molecule has 0 aliphatic carbocycles. The van der Waals surface area contributed by atoms with Crippen molar-refractivity contribution in [3.8, 4) is 22.3 Å². The Morgan fingerprint density at radius 1 is 0.426 bits per heavy atom. The van der Waals surface area contributed by atoms with Crippen LogP contribution in [0.15, 0.2) is 167 Å². The minimum Gasteiger partial charge on any atom is -0.456 e. The fourth-order valence-corrected chi connectivity index (χ4v) is 7.19. The van der Waals surface area contributed by atoms with Crippen LogP contribution in [0.25, 0.3) is 66.1 Å². The van der Waals surface area contributed by atoms with Crippen molar-refractivity contribution in [2.24, 2.45) is 0 Å². The van der Waals surface area contributed by atoms with Gasteiger partial charge in [-0.25, -0.2) is 0 Å². The SMILES string of the molecule is c1ccc(C2Nc3cc(-c4cccc(-c5ccc6oc7cc8c(cc7c6c5)oc5ccccc58)c4)ccc3N2c2ccccc2)cc1. The molecule has 1 aliphatic heterocycles. The lowest BCUT2D eigenvalue weighted by molar-refractivity contribution is 0.664. The molecular weight excluding hydrogens is 576 g/mol. The van der Waals surface area contributed by atoms with Crippen LogP contribution in [0.1, 0.15) is 11.7 Å². The number of benzene rings is 7. The first-order valence-corrected chi connectivity index (χ1v) is 16.0. The molecule has 1 aliphatic rings. The van der Waals surface area contributed by atoms with Crippen LogP contribution in [0.4, 0.5) is 17.1 Å². The Hall–Kier alpha value is -6.26. The minimum atomic E-state index is 0.00694. The molecule has 9 aromatic rings. The number of furan rings is 2. The van der Waals surface area contributed by atoms with E-state index in [4.69, 9.17) is 8.83 Å². The lowest BCUT2D eigenvalue weighted by Gasteiger charge is -2.27. The largest absolute Gasteiger partial charge is 0.456 e. The van der Waals surface area contributed by atoms with Crippen molar-refractivity contribution in [3.05, 3.63) is 163 Å². The maximum absolute atomic E-state index is 6.33. The van der Waals surface area contributed by atoms with Gasteiger partial charge in [-0.15, -0.1) is 0 Å². The molecule has 4 nitrogen and oxygen atoms in total. The molecule has 0 spiro atoms. The van der Waals surface area contributed by atoms with Crippen molar-refractivity contribution >= 4 is 60.9 Å². The molecule has 0 saturated heterocycles. The van der Waals surface area contributed by atoms with E-state index in [1.807, 2.05) is 18.2 Å². The minimum absolute atomic E-state index is 0.00694. The van der Waals surface area contributed by atoms with E-state index in [0.717, 1.165) is 66.4 Å². The molecule has 0 fully saturated rings. The zero-order valence-electron chi connectivity index (χ0n) is 25.4. The molecule has 1 atom stereocenters. The highest BCUT2D eigenvalue weighted by Crippen LogP contribution is 2.47. The Bertz CT molecular complexity index is 2620. The average Bonchev–Trinajstić information content (AvgIpc) is 3.81. The van der Waals surface area contributed by atoms with Gasteiger partial charge < -0.3 is 19.1 Å². The second kappa shape index (κ2) is 10.1.